The SMILES string of the molecule is CCNC(=NCc1coc(-c2ccccc2)n1)NCCc1cccc(F)c1. The number of guanidine groups is 1. The Morgan fingerprint density at radius 1 is 1.11 bits per heavy atom. The molecule has 6 heteroatoms. The van der Waals surface area contributed by atoms with Gasteiger partial charge in [-0.2, -0.15) is 0 Å². The number of oxazole rings is 1. The van der Waals surface area contributed by atoms with Gasteiger partial charge in [0.15, 0.2) is 5.96 Å². The van der Waals surface area contributed by atoms with Crippen LogP contribution in [0.2, 0.25) is 0 Å². The molecule has 0 aliphatic rings. The summed E-state index contributed by atoms with van der Waals surface area (Å²) in [5.74, 6) is 1.07. The first kappa shape index (κ1) is 18.6. The molecule has 1 aromatic heterocycles. The Morgan fingerprint density at radius 2 is 1.96 bits per heavy atom. The minimum atomic E-state index is -0.215. The van der Waals surface area contributed by atoms with Crippen LogP contribution in [0.25, 0.3) is 11.5 Å². The van der Waals surface area contributed by atoms with Gasteiger partial charge in [-0.3, -0.25) is 0 Å². The van der Waals surface area contributed by atoms with Crippen LogP contribution < -0.4 is 10.6 Å². The van der Waals surface area contributed by atoms with Crippen molar-refractivity contribution < 1.29 is 8.81 Å². The number of benzene rings is 2. The number of halogens is 1. The second-order valence-electron chi connectivity index (χ2n) is 6.01. The molecule has 0 saturated heterocycles. The Hall–Kier alpha value is -3.15. The molecule has 3 rings (SSSR count). The first-order valence-electron chi connectivity index (χ1n) is 9.01. The van der Waals surface area contributed by atoms with E-state index in [4.69, 9.17) is 4.42 Å². The van der Waals surface area contributed by atoms with Gasteiger partial charge in [-0.15, -0.1) is 0 Å². The van der Waals surface area contributed by atoms with Gasteiger partial charge < -0.3 is 15.1 Å². The van der Waals surface area contributed by atoms with E-state index in [9.17, 15) is 4.39 Å². The monoisotopic (exact) mass is 366 g/mol. The number of nitrogens with zero attached hydrogens (tertiary/aromatic N) is 2. The van der Waals surface area contributed by atoms with Gasteiger partial charge in [-0.1, -0.05) is 30.3 Å². The van der Waals surface area contributed by atoms with E-state index >= 15 is 0 Å². The molecule has 5 nitrogen and oxygen atoms in total. The molecule has 0 bridgehead atoms. The summed E-state index contributed by atoms with van der Waals surface area (Å²) in [6.45, 7) is 3.82. The molecule has 2 aromatic carbocycles. The highest BCUT2D eigenvalue weighted by Gasteiger charge is 2.06. The van der Waals surface area contributed by atoms with Gasteiger partial charge >= 0.3 is 0 Å². The van der Waals surface area contributed by atoms with Crippen LogP contribution in [0.4, 0.5) is 4.39 Å². The Morgan fingerprint density at radius 3 is 2.74 bits per heavy atom. The topological polar surface area (TPSA) is 62.5 Å². The van der Waals surface area contributed by atoms with E-state index in [1.807, 2.05) is 43.3 Å². The summed E-state index contributed by atoms with van der Waals surface area (Å²) in [5.41, 5.74) is 2.64. The molecule has 0 radical (unpaired) electrons. The number of rotatable bonds is 7. The molecule has 1 heterocycles. The van der Waals surface area contributed by atoms with E-state index in [0.29, 0.717) is 31.4 Å². The third-order valence-electron chi connectivity index (χ3n) is 3.91. The molecule has 0 atom stereocenters. The maximum atomic E-state index is 13.2. The van der Waals surface area contributed by atoms with E-state index in [1.54, 1.807) is 18.4 Å². The van der Waals surface area contributed by atoms with Gasteiger partial charge in [-0.25, -0.2) is 14.4 Å². The van der Waals surface area contributed by atoms with Crippen LogP contribution in [0.1, 0.15) is 18.2 Å². The maximum Gasteiger partial charge on any atom is 0.226 e. The van der Waals surface area contributed by atoms with Crippen LogP contribution in [0.3, 0.4) is 0 Å². The first-order valence-corrected chi connectivity index (χ1v) is 9.01. The van der Waals surface area contributed by atoms with Gasteiger partial charge in [0.2, 0.25) is 5.89 Å². The zero-order chi connectivity index (χ0) is 18.9. The van der Waals surface area contributed by atoms with Crippen molar-refractivity contribution >= 4 is 5.96 Å². The summed E-state index contributed by atoms with van der Waals surface area (Å²) in [7, 11) is 0. The van der Waals surface area contributed by atoms with Crippen LogP contribution in [-0.2, 0) is 13.0 Å². The molecular formula is C21H23FN4O. The van der Waals surface area contributed by atoms with Crippen LogP contribution >= 0.6 is 0 Å². The Labute approximate surface area is 158 Å². The average molecular weight is 366 g/mol. The van der Waals surface area contributed by atoms with Gasteiger partial charge in [0.05, 0.1) is 6.54 Å². The second-order valence-corrected chi connectivity index (χ2v) is 6.01. The van der Waals surface area contributed by atoms with E-state index in [2.05, 4.69) is 20.6 Å². The Kier molecular flexibility index (Phi) is 6.57. The minimum absolute atomic E-state index is 0.215. The van der Waals surface area contributed by atoms with Gasteiger partial charge in [0, 0.05) is 18.7 Å². The lowest BCUT2D eigenvalue weighted by Crippen LogP contribution is -2.38. The lowest BCUT2D eigenvalue weighted by Gasteiger charge is -2.11. The molecule has 0 saturated carbocycles. The Bertz CT molecular complexity index is 877. The quantitative estimate of drug-likeness (QED) is 0.493. The van der Waals surface area contributed by atoms with Crippen molar-refractivity contribution in [3.8, 4) is 11.5 Å². The summed E-state index contributed by atoms with van der Waals surface area (Å²) < 4.78 is 18.8. The second kappa shape index (κ2) is 9.52. The summed E-state index contributed by atoms with van der Waals surface area (Å²) in [5, 5.41) is 6.45. The van der Waals surface area contributed by atoms with Gasteiger partial charge in [0.1, 0.15) is 17.8 Å². The Balaban J connectivity index is 1.56. The normalized spacial score (nSPS) is 11.4. The van der Waals surface area contributed by atoms with E-state index in [0.717, 1.165) is 23.4 Å². The van der Waals surface area contributed by atoms with E-state index in [-0.39, 0.29) is 5.82 Å². The van der Waals surface area contributed by atoms with Crippen molar-refractivity contribution in [3.63, 3.8) is 0 Å². The largest absolute Gasteiger partial charge is 0.444 e. The molecule has 2 N–H and O–H groups in total. The number of aromatic nitrogens is 1. The third-order valence-corrected chi connectivity index (χ3v) is 3.91. The predicted octanol–water partition coefficient (Wildman–Crippen LogP) is 3.78. The van der Waals surface area contributed by atoms with Gasteiger partial charge in [-0.05, 0) is 43.2 Å². The molecule has 0 aliphatic carbocycles. The highest BCUT2D eigenvalue weighted by molar-refractivity contribution is 5.79. The fourth-order valence-corrected chi connectivity index (χ4v) is 2.61. The molecule has 0 aliphatic heterocycles. The van der Waals surface area contributed by atoms with Crippen molar-refractivity contribution in [3.05, 3.63) is 77.9 Å². The molecule has 0 amide bonds. The van der Waals surface area contributed by atoms with Crippen molar-refractivity contribution in [1.82, 2.24) is 15.6 Å². The fraction of sp³-hybridized carbons (Fsp3) is 0.238. The smallest absolute Gasteiger partial charge is 0.226 e. The fourth-order valence-electron chi connectivity index (χ4n) is 2.61. The standard InChI is InChI=1S/C21H23FN4O/c1-2-23-21(24-12-11-16-7-6-10-18(22)13-16)25-14-19-15-27-20(26-19)17-8-4-3-5-9-17/h3-10,13,15H,2,11-12,14H2,1H3,(H2,23,24,25). The highest BCUT2D eigenvalue weighted by atomic mass is 19.1. The average Bonchev–Trinajstić information content (AvgIpc) is 3.16. The van der Waals surface area contributed by atoms with Crippen molar-refractivity contribution in [2.75, 3.05) is 13.1 Å². The van der Waals surface area contributed by atoms with Crippen molar-refractivity contribution in [2.24, 2.45) is 4.99 Å². The highest BCUT2D eigenvalue weighted by Crippen LogP contribution is 2.18. The van der Waals surface area contributed by atoms with Crippen LogP contribution in [0.5, 0.6) is 0 Å². The molecular weight excluding hydrogens is 343 g/mol. The molecule has 0 fully saturated rings. The van der Waals surface area contributed by atoms with Crippen LogP contribution in [0.15, 0.2) is 70.3 Å². The molecule has 0 unspecified atom stereocenters. The number of nitrogens with one attached hydrogen (secondary N) is 2. The first-order chi connectivity index (χ1) is 13.2. The minimum Gasteiger partial charge on any atom is -0.444 e. The molecule has 27 heavy (non-hydrogen) atoms. The lowest BCUT2D eigenvalue weighted by molar-refractivity contribution is 0.572. The lowest BCUT2D eigenvalue weighted by atomic mass is 10.1. The zero-order valence-electron chi connectivity index (χ0n) is 15.3. The predicted molar refractivity (Wildman–Crippen MR) is 105 cm³/mol. The molecule has 140 valence electrons. The molecule has 3 aromatic rings. The van der Waals surface area contributed by atoms with Crippen LogP contribution in [0, 0.1) is 5.82 Å². The number of hydrogen-bond acceptors (Lipinski definition) is 3. The zero-order valence-corrected chi connectivity index (χ0v) is 15.3. The number of hydrogen-bond donors (Lipinski definition) is 2. The third kappa shape index (κ3) is 5.67. The van der Waals surface area contributed by atoms with Crippen LogP contribution in [-0.4, -0.2) is 24.0 Å². The number of aliphatic imine (C=N–C) groups is 1. The summed E-state index contributed by atoms with van der Waals surface area (Å²) in [6, 6.07) is 16.4. The van der Waals surface area contributed by atoms with E-state index < -0.39 is 0 Å². The summed E-state index contributed by atoms with van der Waals surface area (Å²) in [6.07, 6.45) is 2.34. The summed E-state index contributed by atoms with van der Waals surface area (Å²) >= 11 is 0. The maximum absolute atomic E-state index is 13.2. The van der Waals surface area contributed by atoms with E-state index in [1.165, 1.54) is 6.07 Å². The van der Waals surface area contributed by atoms with Crippen molar-refractivity contribution in [1.29, 1.82) is 0 Å². The summed E-state index contributed by atoms with van der Waals surface area (Å²) in [4.78, 5) is 9.02. The van der Waals surface area contributed by atoms with Gasteiger partial charge in [0.25, 0.3) is 0 Å². The van der Waals surface area contributed by atoms with Crippen molar-refractivity contribution in [2.45, 2.75) is 19.9 Å². The molecule has 0 spiro atoms.